The molecule has 0 saturated heterocycles. The fourth-order valence-corrected chi connectivity index (χ4v) is 1.54. The highest BCUT2D eigenvalue weighted by Crippen LogP contribution is 2.04. The lowest BCUT2D eigenvalue weighted by Gasteiger charge is -2.12. The minimum atomic E-state index is -0.721. The zero-order chi connectivity index (χ0) is 13.4. The van der Waals surface area contributed by atoms with Crippen molar-refractivity contribution in [1.82, 2.24) is 10.3 Å². The Balaban J connectivity index is 2.25. The van der Waals surface area contributed by atoms with Crippen LogP contribution in [0.4, 0.5) is 0 Å². The third-order valence-corrected chi connectivity index (χ3v) is 2.55. The molecule has 18 heavy (non-hydrogen) atoms. The van der Waals surface area contributed by atoms with Crippen molar-refractivity contribution in [1.29, 1.82) is 0 Å². The Morgan fingerprint density at radius 3 is 3.06 bits per heavy atom. The second kappa shape index (κ2) is 7.79. The summed E-state index contributed by atoms with van der Waals surface area (Å²) in [5.41, 5.74) is 2.23. The van der Waals surface area contributed by atoms with Crippen LogP contribution in [-0.4, -0.2) is 35.3 Å². The maximum Gasteiger partial charge on any atom is 0.308 e. The molecule has 2 N–H and O–H groups in total. The Bertz CT molecular complexity index is 382. The van der Waals surface area contributed by atoms with Gasteiger partial charge in [-0.15, -0.1) is 0 Å². The van der Waals surface area contributed by atoms with Gasteiger partial charge in [0.1, 0.15) is 0 Å². The number of carbonyl (C=O) groups excluding carboxylic acids is 1. The molecule has 0 saturated carbocycles. The monoisotopic (exact) mass is 252 g/mol. The second-order valence-electron chi connectivity index (χ2n) is 4.10. The van der Waals surface area contributed by atoms with E-state index in [-0.39, 0.29) is 12.4 Å². The van der Waals surface area contributed by atoms with E-state index < -0.39 is 6.10 Å². The van der Waals surface area contributed by atoms with Crippen molar-refractivity contribution in [2.75, 3.05) is 13.2 Å². The van der Waals surface area contributed by atoms with Crippen molar-refractivity contribution in [3.8, 4) is 0 Å². The van der Waals surface area contributed by atoms with Gasteiger partial charge >= 0.3 is 5.97 Å². The summed E-state index contributed by atoms with van der Waals surface area (Å²) in [4.78, 5) is 15.2. The largest absolute Gasteiger partial charge is 0.466 e. The highest BCUT2D eigenvalue weighted by Gasteiger charge is 2.11. The Morgan fingerprint density at radius 1 is 1.61 bits per heavy atom. The third kappa shape index (κ3) is 5.25. The summed E-state index contributed by atoms with van der Waals surface area (Å²) in [6, 6.07) is 1.94. The SMILES string of the molecule is CCOC(=O)CC(O)CNCc1cnccc1C. The van der Waals surface area contributed by atoms with Gasteiger partial charge < -0.3 is 15.2 Å². The molecule has 0 bridgehead atoms. The number of aliphatic hydroxyl groups excluding tert-OH is 1. The van der Waals surface area contributed by atoms with E-state index in [1.807, 2.05) is 13.0 Å². The quantitative estimate of drug-likeness (QED) is 0.702. The van der Waals surface area contributed by atoms with Crippen LogP contribution in [0.2, 0.25) is 0 Å². The van der Waals surface area contributed by atoms with E-state index in [1.165, 1.54) is 0 Å². The first-order chi connectivity index (χ1) is 8.63. The topological polar surface area (TPSA) is 71.5 Å². The normalized spacial score (nSPS) is 12.2. The van der Waals surface area contributed by atoms with Crippen LogP contribution >= 0.6 is 0 Å². The van der Waals surface area contributed by atoms with Crippen LogP contribution in [-0.2, 0) is 16.1 Å². The molecule has 5 nitrogen and oxygen atoms in total. The maximum absolute atomic E-state index is 11.1. The smallest absolute Gasteiger partial charge is 0.308 e. The molecule has 0 fully saturated rings. The predicted molar refractivity (Wildman–Crippen MR) is 67.9 cm³/mol. The molecule has 1 rings (SSSR count). The van der Waals surface area contributed by atoms with E-state index in [4.69, 9.17) is 4.74 Å². The highest BCUT2D eigenvalue weighted by molar-refractivity contribution is 5.69. The molecule has 0 aliphatic carbocycles. The van der Waals surface area contributed by atoms with Gasteiger partial charge in [0.15, 0.2) is 0 Å². The van der Waals surface area contributed by atoms with Crippen molar-refractivity contribution in [3.05, 3.63) is 29.6 Å². The summed E-state index contributed by atoms with van der Waals surface area (Å²) in [6.07, 6.45) is 2.84. The van der Waals surface area contributed by atoms with Crippen molar-refractivity contribution in [3.63, 3.8) is 0 Å². The number of aryl methyl sites for hydroxylation is 1. The number of nitrogens with zero attached hydrogens (tertiary/aromatic N) is 1. The third-order valence-electron chi connectivity index (χ3n) is 2.55. The first-order valence-electron chi connectivity index (χ1n) is 6.07. The Labute approximate surface area is 107 Å². The fourth-order valence-electron chi connectivity index (χ4n) is 1.54. The number of rotatable bonds is 7. The first kappa shape index (κ1) is 14.6. The van der Waals surface area contributed by atoms with Crippen LogP contribution in [0.1, 0.15) is 24.5 Å². The summed E-state index contributed by atoms with van der Waals surface area (Å²) in [5, 5.41) is 12.7. The number of aromatic nitrogens is 1. The number of pyridine rings is 1. The predicted octanol–water partition coefficient (Wildman–Crippen LogP) is 0.794. The van der Waals surface area contributed by atoms with E-state index in [9.17, 15) is 9.90 Å². The zero-order valence-electron chi connectivity index (χ0n) is 10.8. The first-order valence-corrected chi connectivity index (χ1v) is 6.07. The number of hydrogen-bond acceptors (Lipinski definition) is 5. The van der Waals surface area contributed by atoms with E-state index in [0.717, 1.165) is 11.1 Å². The number of carbonyl (C=O) groups is 1. The Hall–Kier alpha value is -1.46. The number of esters is 1. The molecule has 100 valence electrons. The Morgan fingerprint density at radius 2 is 2.39 bits per heavy atom. The molecule has 1 atom stereocenters. The number of ether oxygens (including phenoxy) is 1. The summed E-state index contributed by atoms with van der Waals surface area (Å²) in [5.74, 6) is -0.371. The van der Waals surface area contributed by atoms with Gasteiger partial charge in [0.25, 0.3) is 0 Å². The number of hydrogen-bond donors (Lipinski definition) is 2. The van der Waals surface area contributed by atoms with Crippen LogP contribution in [0.5, 0.6) is 0 Å². The molecule has 5 heteroatoms. The average Bonchev–Trinajstić information content (AvgIpc) is 2.31. The van der Waals surface area contributed by atoms with E-state index >= 15 is 0 Å². The van der Waals surface area contributed by atoms with E-state index in [1.54, 1.807) is 19.3 Å². The summed E-state index contributed by atoms with van der Waals surface area (Å²) < 4.78 is 4.76. The molecule has 1 heterocycles. The van der Waals surface area contributed by atoms with Crippen molar-refractivity contribution in [2.45, 2.75) is 32.9 Å². The van der Waals surface area contributed by atoms with Gasteiger partial charge in [-0.3, -0.25) is 9.78 Å². The molecule has 0 aromatic carbocycles. The molecule has 0 spiro atoms. The van der Waals surface area contributed by atoms with Crippen molar-refractivity contribution < 1.29 is 14.6 Å². The minimum absolute atomic E-state index is 0.0207. The molecule has 0 aliphatic rings. The van der Waals surface area contributed by atoms with Gasteiger partial charge in [0, 0.05) is 25.5 Å². The van der Waals surface area contributed by atoms with Crippen LogP contribution < -0.4 is 5.32 Å². The molecule has 0 amide bonds. The molecule has 0 radical (unpaired) electrons. The standard InChI is InChI=1S/C13H20N2O3/c1-3-18-13(17)6-12(16)9-15-8-11-7-14-5-4-10(11)2/h4-5,7,12,15-16H,3,6,8-9H2,1-2H3. The van der Waals surface area contributed by atoms with Gasteiger partial charge in [-0.05, 0) is 31.0 Å². The fraction of sp³-hybridized carbons (Fsp3) is 0.538. The van der Waals surface area contributed by atoms with Crippen LogP contribution in [0.3, 0.4) is 0 Å². The summed E-state index contributed by atoms with van der Waals surface area (Å²) in [7, 11) is 0. The summed E-state index contributed by atoms with van der Waals surface area (Å²) >= 11 is 0. The zero-order valence-corrected chi connectivity index (χ0v) is 10.8. The lowest BCUT2D eigenvalue weighted by Crippen LogP contribution is -2.29. The minimum Gasteiger partial charge on any atom is -0.466 e. The number of nitrogens with one attached hydrogen (secondary N) is 1. The highest BCUT2D eigenvalue weighted by atomic mass is 16.5. The van der Waals surface area contributed by atoms with Crippen LogP contribution in [0.15, 0.2) is 18.5 Å². The second-order valence-corrected chi connectivity index (χ2v) is 4.10. The van der Waals surface area contributed by atoms with Crippen molar-refractivity contribution >= 4 is 5.97 Å². The Kier molecular flexibility index (Phi) is 6.32. The van der Waals surface area contributed by atoms with Crippen LogP contribution in [0, 0.1) is 6.92 Å². The molecule has 0 aliphatic heterocycles. The molecular formula is C13H20N2O3. The van der Waals surface area contributed by atoms with Crippen LogP contribution in [0.25, 0.3) is 0 Å². The van der Waals surface area contributed by atoms with E-state index in [2.05, 4.69) is 10.3 Å². The average molecular weight is 252 g/mol. The maximum atomic E-state index is 11.1. The van der Waals surface area contributed by atoms with Gasteiger partial charge in [-0.1, -0.05) is 0 Å². The van der Waals surface area contributed by atoms with Gasteiger partial charge in [-0.2, -0.15) is 0 Å². The molecule has 1 unspecified atom stereocenters. The molecule has 1 aromatic rings. The lowest BCUT2D eigenvalue weighted by atomic mass is 10.1. The van der Waals surface area contributed by atoms with Crippen molar-refractivity contribution in [2.24, 2.45) is 0 Å². The molecule has 1 aromatic heterocycles. The molecular weight excluding hydrogens is 232 g/mol. The number of aliphatic hydroxyl groups is 1. The van der Waals surface area contributed by atoms with Gasteiger partial charge in [0.2, 0.25) is 0 Å². The van der Waals surface area contributed by atoms with E-state index in [0.29, 0.717) is 19.7 Å². The summed E-state index contributed by atoms with van der Waals surface area (Å²) in [6.45, 7) is 5.07. The lowest BCUT2D eigenvalue weighted by molar-refractivity contribution is -0.145. The van der Waals surface area contributed by atoms with Gasteiger partial charge in [-0.25, -0.2) is 0 Å². The van der Waals surface area contributed by atoms with Gasteiger partial charge in [0.05, 0.1) is 19.1 Å².